The number of nitrogens with zero attached hydrogens (tertiary/aromatic N) is 5. The Morgan fingerprint density at radius 3 is 2.78 bits per heavy atom. The normalized spacial score (nSPS) is 16.3. The summed E-state index contributed by atoms with van der Waals surface area (Å²) in [6.45, 7) is 7.34. The number of fused-ring (bicyclic) bond motifs is 1. The number of rotatable bonds is 9. The van der Waals surface area contributed by atoms with Crippen molar-refractivity contribution in [1.29, 1.82) is 0 Å². The van der Waals surface area contributed by atoms with Crippen molar-refractivity contribution in [2.45, 2.75) is 58.1 Å². The summed E-state index contributed by atoms with van der Waals surface area (Å²) >= 11 is 0. The number of ether oxygens (including phenoxy) is 2. The Bertz CT molecular complexity index is 1200. The number of benzene rings is 1. The molecule has 0 N–H and O–H groups in total. The average Bonchev–Trinajstić information content (AvgIpc) is 3.58. The summed E-state index contributed by atoms with van der Waals surface area (Å²) in [5.74, 6) is 1.60. The maximum absolute atomic E-state index is 14.7. The van der Waals surface area contributed by atoms with Gasteiger partial charge >= 0.3 is 6.01 Å². The summed E-state index contributed by atoms with van der Waals surface area (Å²) in [7, 11) is 0. The van der Waals surface area contributed by atoms with Crippen molar-refractivity contribution in [2.24, 2.45) is 0 Å². The van der Waals surface area contributed by atoms with Crippen molar-refractivity contribution >= 4 is 11.9 Å². The van der Waals surface area contributed by atoms with E-state index in [9.17, 15) is 9.18 Å². The predicted octanol–water partition coefficient (Wildman–Crippen LogP) is 3.51. The lowest BCUT2D eigenvalue weighted by Gasteiger charge is -2.30. The number of piperidine rings is 1. The Hall–Kier alpha value is -3.47. The molecule has 2 aromatic heterocycles. The van der Waals surface area contributed by atoms with E-state index in [1.165, 1.54) is 6.07 Å². The third-order valence-electron chi connectivity index (χ3n) is 6.78. The van der Waals surface area contributed by atoms with Gasteiger partial charge in [-0.2, -0.15) is 4.98 Å². The van der Waals surface area contributed by atoms with Crippen LogP contribution in [0.2, 0.25) is 0 Å². The molecular formula is C26H32FN5O5. The highest BCUT2D eigenvalue weighted by atomic mass is 19.1. The summed E-state index contributed by atoms with van der Waals surface area (Å²) < 4.78 is 36.8. The predicted molar refractivity (Wildman–Crippen MR) is 131 cm³/mol. The fourth-order valence-electron chi connectivity index (χ4n) is 4.57. The SMILES string of the molecule is CC(C)c1noc(N2CCC(OCCOc3ccc(CC(=O)N4CCc5oncc5C4)c(F)c3)CC2)n1. The fourth-order valence-corrected chi connectivity index (χ4v) is 4.57. The molecule has 2 aliphatic rings. The lowest BCUT2D eigenvalue weighted by atomic mass is 10.1. The lowest BCUT2D eigenvalue weighted by Crippen LogP contribution is -2.37. The number of amides is 1. The second-order valence-electron chi connectivity index (χ2n) is 9.77. The zero-order valence-electron chi connectivity index (χ0n) is 21.2. The molecule has 4 heterocycles. The lowest BCUT2D eigenvalue weighted by molar-refractivity contribution is -0.131. The summed E-state index contributed by atoms with van der Waals surface area (Å²) in [5, 5.41) is 7.80. The van der Waals surface area contributed by atoms with Crippen LogP contribution in [0.3, 0.4) is 0 Å². The zero-order chi connectivity index (χ0) is 25.8. The Labute approximate surface area is 214 Å². The summed E-state index contributed by atoms with van der Waals surface area (Å²) in [6.07, 6.45) is 4.08. The topological polar surface area (TPSA) is 107 Å². The molecule has 0 atom stereocenters. The van der Waals surface area contributed by atoms with E-state index in [0.717, 1.165) is 43.1 Å². The first-order chi connectivity index (χ1) is 18.0. The van der Waals surface area contributed by atoms with Crippen LogP contribution in [0, 0.1) is 5.82 Å². The molecule has 37 heavy (non-hydrogen) atoms. The van der Waals surface area contributed by atoms with Gasteiger partial charge in [-0.3, -0.25) is 4.79 Å². The summed E-state index contributed by atoms with van der Waals surface area (Å²) in [5.41, 5.74) is 1.25. The van der Waals surface area contributed by atoms with Crippen LogP contribution >= 0.6 is 0 Å². The van der Waals surface area contributed by atoms with Crippen molar-refractivity contribution in [3.8, 4) is 5.75 Å². The molecule has 1 fully saturated rings. The van der Waals surface area contributed by atoms with Crippen LogP contribution in [0.4, 0.5) is 10.4 Å². The van der Waals surface area contributed by atoms with Crippen LogP contribution in [0.25, 0.3) is 0 Å². The van der Waals surface area contributed by atoms with Crippen LogP contribution in [-0.2, 0) is 28.9 Å². The maximum atomic E-state index is 14.7. The summed E-state index contributed by atoms with van der Waals surface area (Å²) in [6, 6.07) is 5.19. The van der Waals surface area contributed by atoms with Gasteiger partial charge in [0.2, 0.25) is 5.91 Å². The standard InChI is InChI=1S/C26H32FN5O5/c1-17(2)25-29-26(37-30-25)31-8-5-20(6-9-31)34-11-12-35-21-4-3-18(22(27)14-21)13-24(33)32-10-7-23-19(16-32)15-28-36-23/h3-4,14-15,17,20H,5-13,16H2,1-2H3. The number of anilines is 1. The molecule has 0 saturated carbocycles. The first-order valence-corrected chi connectivity index (χ1v) is 12.8. The number of halogens is 1. The second-order valence-corrected chi connectivity index (χ2v) is 9.77. The van der Waals surface area contributed by atoms with Gasteiger partial charge in [-0.15, -0.1) is 0 Å². The first-order valence-electron chi connectivity index (χ1n) is 12.8. The minimum absolute atomic E-state index is 0.00307. The molecule has 1 amide bonds. The highest BCUT2D eigenvalue weighted by Crippen LogP contribution is 2.23. The molecular weight excluding hydrogens is 481 g/mol. The number of hydrogen-bond acceptors (Lipinski definition) is 9. The number of hydrogen-bond donors (Lipinski definition) is 0. The second kappa shape index (κ2) is 11.3. The van der Waals surface area contributed by atoms with E-state index in [4.69, 9.17) is 18.5 Å². The van der Waals surface area contributed by atoms with E-state index in [-0.39, 0.29) is 24.3 Å². The average molecular weight is 514 g/mol. The van der Waals surface area contributed by atoms with Crippen LogP contribution in [-0.4, -0.2) is 65.1 Å². The van der Waals surface area contributed by atoms with Gasteiger partial charge in [0.05, 0.1) is 31.9 Å². The fraction of sp³-hybridized carbons (Fsp3) is 0.538. The van der Waals surface area contributed by atoms with E-state index in [0.29, 0.717) is 50.1 Å². The third-order valence-corrected chi connectivity index (χ3v) is 6.78. The van der Waals surface area contributed by atoms with Crippen LogP contribution in [0.1, 0.15) is 55.3 Å². The number of carbonyl (C=O) groups excluding carboxylic acids is 1. The van der Waals surface area contributed by atoms with Gasteiger partial charge < -0.3 is 28.3 Å². The van der Waals surface area contributed by atoms with E-state index in [1.807, 2.05) is 13.8 Å². The molecule has 1 aromatic carbocycles. The van der Waals surface area contributed by atoms with Crippen molar-refractivity contribution < 1.29 is 27.7 Å². The van der Waals surface area contributed by atoms with Gasteiger partial charge in [0.15, 0.2) is 5.82 Å². The Morgan fingerprint density at radius 1 is 1.19 bits per heavy atom. The molecule has 0 spiro atoms. The monoisotopic (exact) mass is 513 g/mol. The van der Waals surface area contributed by atoms with Gasteiger partial charge in [0.25, 0.3) is 0 Å². The molecule has 1 saturated heterocycles. The first kappa shape index (κ1) is 25.2. The van der Waals surface area contributed by atoms with Crippen LogP contribution in [0.5, 0.6) is 5.75 Å². The van der Waals surface area contributed by atoms with Crippen molar-refractivity contribution in [3.63, 3.8) is 0 Å². The quantitative estimate of drug-likeness (QED) is 0.397. The van der Waals surface area contributed by atoms with E-state index in [1.54, 1.807) is 23.2 Å². The molecule has 3 aromatic rings. The van der Waals surface area contributed by atoms with Crippen molar-refractivity contribution in [3.05, 3.63) is 52.9 Å². The van der Waals surface area contributed by atoms with Gasteiger partial charge in [0, 0.05) is 43.6 Å². The van der Waals surface area contributed by atoms with Gasteiger partial charge in [-0.05, 0) is 24.5 Å². The van der Waals surface area contributed by atoms with Crippen molar-refractivity contribution in [1.82, 2.24) is 20.2 Å². The van der Waals surface area contributed by atoms with Gasteiger partial charge in [0.1, 0.15) is 23.9 Å². The highest BCUT2D eigenvalue weighted by molar-refractivity contribution is 5.79. The number of carbonyl (C=O) groups is 1. The zero-order valence-corrected chi connectivity index (χ0v) is 21.2. The van der Waals surface area contributed by atoms with E-state index >= 15 is 0 Å². The molecule has 11 heteroatoms. The van der Waals surface area contributed by atoms with Crippen LogP contribution in [0.15, 0.2) is 33.4 Å². The highest BCUT2D eigenvalue weighted by Gasteiger charge is 2.25. The van der Waals surface area contributed by atoms with E-state index in [2.05, 4.69) is 20.2 Å². The molecule has 5 rings (SSSR count). The molecule has 0 aliphatic carbocycles. The molecule has 0 bridgehead atoms. The smallest absolute Gasteiger partial charge is 0.324 e. The van der Waals surface area contributed by atoms with Gasteiger partial charge in [-0.1, -0.05) is 30.2 Å². The number of aromatic nitrogens is 3. The molecule has 0 unspecified atom stereocenters. The Morgan fingerprint density at radius 2 is 2.03 bits per heavy atom. The van der Waals surface area contributed by atoms with E-state index < -0.39 is 5.82 Å². The largest absolute Gasteiger partial charge is 0.491 e. The van der Waals surface area contributed by atoms with Crippen LogP contribution < -0.4 is 9.64 Å². The third kappa shape index (κ3) is 6.10. The molecule has 0 radical (unpaired) electrons. The van der Waals surface area contributed by atoms with Gasteiger partial charge in [-0.25, -0.2) is 4.39 Å². The summed E-state index contributed by atoms with van der Waals surface area (Å²) in [4.78, 5) is 20.9. The minimum atomic E-state index is -0.455. The Balaban J connectivity index is 1.02. The maximum Gasteiger partial charge on any atom is 0.324 e. The molecule has 198 valence electrons. The molecule has 10 nitrogen and oxygen atoms in total. The van der Waals surface area contributed by atoms with Crippen molar-refractivity contribution in [2.75, 3.05) is 37.7 Å². The molecule has 2 aliphatic heterocycles. The Kier molecular flexibility index (Phi) is 7.68. The minimum Gasteiger partial charge on any atom is -0.491 e.